The average Bonchev–Trinajstić information content (AvgIpc) is 3.36. The fourth-order valence-corrected chi connectivity index (χ4v) is 9.87. The van der Waals surface area contributed by atoms with Gasteiger partial charge in [-0.05, 0) is 57.8 Å². The number of aliphatic hydroxyl groups excluding tert-OH is 2. The van der Waals surface area contributed by atoms with Gasteiger partial charge in [0, 0.05) is 12.8 Å². The Balaban J connectivity index is 3.43. The maximum absolute atomic E-state index is 12.5. The number of esters is 1. The van der Waals surface area contributed by atoms with Crippen molar-refractivity contribution in [1.82, 2.24) is 5.32 Å². The van der Waals surface area contributed by atoms with Crippen molar-refractivity contribution < 1.29 is 24.5 Å². The second-order valence-electron chi connectivity index (χ2n) is 21.7. The molecule has 0 bridgehead atoms. The highest BCUT2D eigenvalue weighted by molar-refractivity contribution is 5.76. The summed E-state index contributed by atoms with van der Waals surface area (Å²) in [5.74, 6) is -0.0591. The van der Waals surface area contributed by atoms with Crippen molar-refractivity contribution in [3.05, 3.63) is 24.3 Å². The summed E-state index contributed by atoms with van der Waals surface area (Å²) in [5, 5.41) is 23.2. The zero-order chi connectivity index (χ0) is 50.7. The van der Waals surface area contributed by atoms with Crippen molar-refractivity contribution in [1.29, 1.82) is 0 Å². The van der Waals surface area contributed by atoms with Gasteiger partial charge in [0.25, 0.3) is 0 Å². The molecular weight excluding hydrogens is 863 g/mol. The Hall–Kier alpha value is -1.66. The maximum Gasteiger partial charge on any atom is 0.305 e. The van der Waals surface area contributed by atoms with Gasteiger partial charge in [-0.2, -0.15) is 0 Å². The molecule has 0 aliphatic rings. The minimum absolute atomic E-state index is 0.0129. The predicted octanol–water partition coefficient (Wildman–Crippen LogP) is 19.8. The van der Waals surface area contributed by atoms with Crippen LogP contribution in [0, 0.1) is 0 Å². The lowest BCUT2D eigenvalue weighted by Gasteiger charge is -2.20. The molecule has 0 heterocycles. The van der Waals surface area contributed by atoms with Crippen LogP contribution >= 0.6 is 0 Å². The third-order valence-corrected chi connectivity index (χ3v) is 14.7. The van der Waals surface area contributed by atoms with Crippen LogP contribution in [-0.2, 0) is 14.3 Å². The number of carbonyl (C=O) groups is 2. The van der Waals surface area contributed by atoms with E-state index in [-0.39, 0.29) is 18.5 Å². The van der Waals surface area contributed by atoms with Gasteiger partial charge in [0.1, 0.15) is 0 Å². The molecule has 0 saturated heterocycles. The van der Waals surface area contributed by atoms with E-state index in [1.165, 1.54) is 276 Å². The standard InChI is InChI=1S/C64H123NO5/c1-3-5-7-9-11-13-15-17-18-26-29-33-36-40-44-48-52-56-62(67)61(60-66)65-63(68)57-53-49-45-41-37-34-30-27-24-22-20-19-21-23-25-28-31-35-39-43-47-51-55-59-70-64(69)58-54-50-46-42-38-32-16-14-12-10-8-6-4-2/h22,24,52,56,61-62,66-67H,3-21,23,25-51,53-55,57-60H2,1-2H3,(H,65,68)/b24-22-,56-52+. The van der Waals surface area contributed by atoms with E-state index in [1.807, 2.05) is 6.08 Å². The lowest BCUT2D eigenvalue weighted by molar-refractivity contribution is -0.143. The molecule has 6 heteroatoms. The van der Waals surface area contributed by atoms with Crippen LogP contribution < -0.4 is 5.32 Å². The number of nitrogens with one attached hydrogen (secondary N) is 1. The molecule has 0 fully saturated rings. The third-order valence-electron chi connectivity index (χ3n) is 14.7. The third kappa shape index (κ3) is 55.7. The Morgan fingerprint density at radius 1 is 0.386 bits per heavy atom. The summed E-state index contributed by atoms with van der Waals surface area (Å²) >= 11 is 0. The van der Waals surface area contributed by atoms with Crippen LogP contribution in [0.3, 0.4) is 0 Å². The van der Waals surface area contributed by atoms with Crippen molar-refractivity contribution in [3.8, 4) is 0 Å². The molecule has 0 spiro atoms. The summed E-state index contributed by atoms with van der Waals surface area (Å²) in [6.45, 7) is 4.92. The summed E-state index contributed by atoms with van der Waals surface area (Å²) in [6, 6.07) is -0.632. The summed E-state index contributed by atoms with van der Waals surface area (Å²) in [7, 11) is 0. The summed E-state index contributed by atoms with van der Waals surface area (Å²) in [4.78, 5) is 24.5. The van der Waals surface area contributed by atoms with Gasteiger partial charge in [-0.3, -0.25) is 9.59 Å². The summed E-state index contributed by atoms with van der Waals surface area (Å²) in [5.41, 5.74) is 0. The lowest BCUT2D eigenvalue weighted by atomic mass is 10.0. The fourth-order valence-electron chi connectivity index (χ4n) is 9.87. The van der Waals surface area contributed by atoms with Crippen LogP contribution in [0.4, 0.5) is 0 Å². The molecule has 2 atom stereocenters. The highest BCUT2D eigenvalue weighted by atomic mass is 16.5. The minimum Gasteiger partial charge on any atom is -0.466 e. The first kappa shape index (κ1) is 68.3. The Bertz CT molecular complexity index is 1090. The van der Waals surface area contributed by atoms with E-state index in [9.17, 15) is 19.8 Å². The Morgan fingerprint density at radius 3 is 1.01 bits per heavy atom. The molecule has 0 rings (SSSR count). The SMILES string of the molecule is CCCCCCCCCCCCCCCCC/C=C/C(O)C(CO)NC(=O)CCCCCCCCC/C=C\CCCCCCCCCCCCCCOC(=O)CCCCCCCCCCCCCCC. The molecule has 0 radical (unpaired) electrons. The number of hydrogen-bond donors (Lipinski definition) is 3. The van der Waals surface area contributed by atoms with Gasteiger partial charge in [-0.15, -0.1) is 0 Å². The smallest absolute Gasteiger partial charge is 0.305 e. The van der Waals surface area contributed by atoms with Crippen molar-refractivity contribution in [2.24, 2.45) is 0 Å². The Labute approximate surface area is 437 Å². The predicted molar refractivity (Wildman–Crippen MR) is 306 cm³/mol. The highest BCUT2D eigenvalue weighted by Gasteiger charge is 2.18. The molecule has 0 aromatic rings. The highest BCUT2D eigenvalue weighted by Crippen LogP contribution is 2.17. The second kappa shape index (κ2) is 59.9. The van der Waals surface area contributed by atoms with E-state index >= 15 is 0 Å². The second-order valence-corrected chi connectivity index (χ2v) is 21.7. The molecule has 0 aliphatic carbocycles. The number of ether oxygens (including phenoxy) is 1. The topological polar surface area (TPSA) is 95.9 Å². The molecule has 1 amide bonds. The molecule has 0 saturated carbocycles. The van der Waals surface area contributed by atoms with E-state index in [2.05, 4.69) is 31.3 Å². The van der Waals surface area contributed by atoms with Crippen molar-refractivity contribution >= 4 is 11.9 Å². The first-order valence-electron chi connectivity index (χ1n) is 31.6. The molecule has 6 nitrogen and oxygen atoms in total. The van der Waals surface area contributed by atoms with Crippen LogP contribution in [0.15, 0.2) is 24.3 Å². The molecule has 0 aromatic heterocycles. The van der Waals surface area contributed by atoms with Crippen molar-refractivity contribution in [2.75, 3.05) is 13.2 Å². The Morgan fingerprint density at radius 2 is 0.671 bits per heavy atom. The van der Waals surface area contributed by atoms with E-state index in [0.29, 0.717) is 19.4 Å². The van der Waals surface area contributed by atoms with Gasteiger partial charge < -0.3 is 20.3 Å². The summed E-state index contributed by atoms with van der Waals surface area (Å²) in [6.07, 6.45) is 73.6. The van der Waals surface area contributed by atoms with Gasteiger partial charge in [0.05, 0.1) is 25.4 Å². The lowest BCUT2D eigenvalue weighted by Crippen LogP contribution is -2.45. The first-order chi connectivity index (χ1) is 34.5. The number of hydrogen-bond acceptors (Lipinski definition) is 5. The number of aliphatic hydroxyl groups is 2. The van der Waals surface area contributed by atoms with Crippen molar-refractivity contribution in [3.63, 3.8) is 0 Å². The van der Waals surface area contributed by atoms with Crippen LogP contribution in [0.1, 0.15) is 348 Å². The normalized spacial score (nSPS) is 12.7. The molecule has 70 heavy (non-hydrogen) atoms. The molecule has 0 aromatic carbocycles. The molecule has 0 aliphatic heterocycles. The number of unbranched alkanes of at least 4 members (excludes halogenated alkanes) is 46. The Kier molecular flexibility index (Phi) is 58.5. The number of amides is 1. The van der Waals surface area contributed by atoms with Gasteiger partial charge in [0.15, 0.2) is 0 Å². The van der Waals surface area contributed by atoms with E-state index in [1.54, 1.807) is 6.08 Å². The van der Waals surface area contributed by atoms with Crippen LogP contribution in [0.2, 0.25) is 0 Å². The van der Waals surface area contributed by atoms with Gasteiger partial charge in [-0.1, -0.05) is 301 Å². The van der Waals surface area contributed by atoms with E-state index in [0.717, 1.165) is 44.9 Å². The van der Waals surface area contributed by atoms with E-state index < -0.39 is 12.1 Å². The first-order valence-corrected chi connectivity index (χ1v) is 31.6. The number of carbonyl (C=O) groups excluding carboxylic acids is 2. The number of allylic oxidation sites excluding steroid dienone is 3. The summed E-state index contributed by atoms with van der Waals surface area (Å²) < 4.78 is 5.48. The monoisotopic (exact) mass is 986 g/mol. The van der Waals surface area contributed by atoms with Crippen LogP contribution in [-0.4, -0.2) is 47.4 Å². The quantitative estimate of drug-likeness (QED) is 0.0321. The average molecular weight is 987 g/mol. The van der Waals surface area contributed by atoms with Crippen molar-refractivity contribution in [2.45, 2.75) is 360 Å². The zero-order valence-electron chi connectivity index (χ0n) is 47.3. The molecular formula is C64H123NO5. The fraction of sp³-hybridized carbons (Fsp3) is 0.906. The molecule has 414 valence electrons. The zero-order valence-corrected chi connectivity index (χ0v) is 47.3. The molecule has 2 unspecified atom stereocenters. The van der Waals surface area contributed by atoms with Crippen LogP contribution in [0.5, 0.6) is 0 Å². The van der Waals surface area contributed by atoms with Gasteiger partial charge in [-0.25, -0.2) is 0 Å². The number of rotatable bonds is 59. The molecule has 3 N–H and O–H groups in total. The van der Waals surface area contributed by atoms with Crippen LogP contribution in [0.25, 0.3) is 0 Å². The van der Waals surface area contributed by atoms with Gasteiger partial charge in [0.2, 0.25) is 5.91 Å². The largest absolute Gasteiger partial charge is 0.466 e. The van der Waals surface area contributed by atoms with E-state index in [4.69, 9.17) is 4.74 Å². The maximum atomic E-state index is 12.5. The minimum atomic E-state index is -0.848. The van der Waals surface area contributed by atoms with Gasteiger partial charge >= 0.3 is 5.97 Å².